The topological polar surface area (TPSA) is 37.0 Å². The number of fused-ring (bicyclic) bond motifs is 2. The molecule has 2 aromatic heterocycles. The third-order valence-electron chi connectivity index (χ3n) is 3.77. The highest BCUT2D eigenvalue weighted by Gasteiger charge is 2.23. The number of rotatable bonds is 3. The molecular weight excluding hydrogens is 298 g/mol. The van der Waals surface area contributed by atoms with Crippen molar-refractivity contribution in [3.8, 4) is 10.6 Å². The van der Waals surface area contributed by atoms with Gasteiger partial charge in [-0.1, -0.05) is 12.1 Å². The van der Waals surface area contributed by atoms with Crippen LogP contribution in [-0.4, -0.2) is 18.1 Å². The van der Waals surface area contributed by atoms with Crippen LogP contribution in [0.25, 0.3) is 20.8 Å². The van der Waals surface area contributed by atoms with Gasteiger partial charge in [-0.25, -0.2) is 4.98 Å². The number of aromatic nitrogens is 1. The van der Waals surface area contributed by atoms with Crippen molar-refractivity contribution in [2.75, 3.05) is 18.4 Å². The Labute approximate surface area is 132 Å². The summed E-state index contributed by atoms with van der Waals surface area (Å²) in [5.41, 5.74) is 3.95. The normalized spacial score (nSPS) is 14.3. The molecule has 0 spiro atoms. The summed E-state index contributed by atoms with van der Waals surface area (Å²) in [5.74, 6) is 0. The summed E-state index contributed by atoms with van der Waals surface area (Å²) in [7, 11) is 0. The average molecular weight is 315 g/mol. The number of anilines is 1. The van der Waals surface area contributed by atoms with Crippen LogP contribution < -0.4 is 10.6 Å². The maximum absolute atomic E-state index is 4.87. The van der Waals surface area contributed by atoms with Crippen LogP contribution in [0.4, 0.5) is 5.00 Å². The van der Waals surface area contributed by atoms with E-state index in [-0.39, 0.29) is 0 Å². The van der Waals surface area contributed by atoms with Crippen LogP contribution in [0.1, 0.15) is 17.4 Å². The molecule has 1 aliphatic heterocycles. The molecule has 1 aromatic carbocycles. The van der Waals surface area contributed by atoms with Gasteiger partial charge in [-0.05, 0) is 37.6 Å². The van der Waals surface area contributed by atoms with Gasteiger partial charge in [-0.2, -0.15) is 0 Å². The lowest BCUT2D eigenvalue weighted by Gasteiger charge is -2.13. The van der Waals surface area contributed by atoms with Gasteiger partial charge in [0.2, 0.25) is 0 Å². The average Bonchev–Trinajstić information content (AvgIpc) is 3.07. The van der Waals surface area contributed by atoms with E-state index in [0.717, 1.165) is 36.6 Å². The Morgan fingerprint density at radius 2 is 2.19 bits per heavy atom. The maximum atomic E-state index is 4.87. The number of thiophene rings is 1. The zero-order valence-corrected chi connectivity index (χ0v) is 13.5. The van der Waals surface area contributed by atoms with Gasteiger partial charge in [-0.15, -0.1) is 22.7 Å². The lowest BCUT2D eigenvalue weighted by molar-refractivity contribution is 0.655. The summed E-state index contributed by atoms with van der Waals surface area (Å²) in [4.78, 5) is 6.34. The van der Waals surface area contributed by atoms with Crippen molar-refractivity contribution in [1.82, 2.24) is 10.3 Å². The SMILES string of the molecule is CCNc1sc2c(c1-c1nc3ccccc3s1)CCNC2. The first-order valence-electron chi connectivity index (χ1n) is 7.32. The van der Waals surface area contributed by atoms with Crippen molar-refractivity contribution in [3.63, 3.8) is 0 Å². The first-order valence-corrected chi connectivity index (χ1v) is 8.95. The number of hydrogen-bond acceptors (Lipinski definition) is 5. The lowest BCUT2D eigenvalue weighted by atomic mass is 10.0. The molecule has 0 saturated heterocycles. The van der Waals surface area contributed by atoms with E-state index >= 15 is 0 Å². The minimum absolute atomic E-state index is 0.949. The van der Waals surface area contributed by atoms with E-state index in [1.807, 2.05) is 11.3 Å². The quantitative estimate of drug-likeness (QED) is 0.764. The maximum Gasteiger partial charge on any atom is 0.127 e. The van der Waals surface area contributed by atoms with Gasteiger partial charge in [0, 0.05) is 23.5 Å². The summed E-state index contributed by atoms with van der Waals surface area (Å²) < 4.78 is 1.27. The van der Waals surface area contributed by atoms with Crippen LogP contribution in [0.15, 0.2) is 24.3 Å². The highest BCUT2D eigenvalue weighted by atomic mass is 32.1. The molecule has 3 aromatic rings. The Morgan fingerprint density at radius 3 is 3.05 bits per heavy atom. The van der Waals surface area contributed by atoms with E-state index in [1.165, 1.54) is 25.7 Å². The van der Waals surface area contributed by atoms with E-state index < -0.39 is 0 Å². The predicted octanol–water partition coefficient (Wildman–Crippen LogP) is 4.10. The zero-order valence-electron chi connectivity index (χ0n) is 11.9. The second-order valence-corrected chi connectivity index (χ2v) is 7.29. The predicted molar refractivity (Wildman–Crippen MR) is 92.5 cm³/mol. The summed E-state index contributed by atoms with van der Waals surface area (Å²) >= 11 is 3.69. The third-order valence-corrected chi connectivity index (χ3v) is 6.02. The largest absolute Gasteiger partial charge is 0.377 e. The molecule has 3 heterocycles. The van der Waals surface area contributed by atoms with Crippen LogP contribution in [0.2, 0.25) is 0 Å². The van der Waals surface area contributed by atoms with E-state index in [2.05, 4.69) is 41.8 Å². The second kappa shape index (κ2) is 5.40. The van der Waals surface area contributed by atoms with E-state index in [0.29, 0.717) is 0 Å². The fourth-order valence-electron chi connectivity index (χ4n) is 2.83. The van der Waals surface area contributed by atoms with Gasteiger partial charge < -0.3 is 10.6 Å². The summed E-state index contributed by atoms with van der Waals surface area (Å²) in [6.45, 7) is 5.15. The molecule has 0 fully saturated rings. The molecule has 4 rings (SSSR count). The van der Waals surface area contributed by atoms with Crippen molar-refractivity contribution in [2.45, 2.75) is 19.9 Å². The van der Waals surface area contributed by atoms with Crippen molar-refractivity contribution in [1.29, 1.82) is 0 Å². The molecule has 108 valence electrons. The smallest absolute Gasteiger partial charge is 0.127 e. The molecule has 0 saturated carbocycles. The molecule has 3 nitrogen and oxygen atoms in total. The number of thiazole rings is 1. The molecule has 1 aliphatic rings. The van der Waals surface area contributed by atoms with Crippen LogP contribution in [0.5, 0.6) is 0 Å². The van der Waals surface area contributed by atoms with Crippen molar-refractivity contribution < 1.29 is 0 Å². The number of benzene rings is 1. The van der Waals surface area contributed by atoms with Crippen LogP contribution in [0, 0.1) is 0 Å². The molecule has 0 unspecified atom stereocenters. The second-order valence-electron chi connectivity index (χ2n) is 5.15. The summed E-state index contributed by atoms with van der Waals surface area (Å²) in [6, 6.07) is 8.40. The molecular formula is C16H17N3S2. The lowest BCUT2D eigenvalue weighted by Crippen LogP contribution is -2.22. The fourth-order valence-corrected chi connectivity index (χ4v) is 5.22. The number of nitrogens with one attached hydrogen (secondary N) is 2. The van der Waals surface area contributed by atoms with Gasteiger partial charge in [-0.3, -0.25) is 0 Å². The van der Waals surface area contributed by atoms with Gasteiger partial charge in [0.1, 0.15) is 5.01 Å². The minimum atomic E-state index is 0.949. The molecule has 21 heavy (non-hydrogen) atoms. The Hall–Kier alpha value is -1.43. The molecule has 0 aliphatic carbocycles. The van der Waals surface area contributed by atoms with Gasteiger partial charge in [0.05, 0.1) is 15.2 Å². The number of para-hydroxylation sites is 1. The summed E-state index contributed by atoms with van der Waals surface area (Å²) in [6.07, 6.45) is 1.10. The number of nitrogens with zero attached hydrogens (tertiary/aromatic N) is 1. The number of hydrogen-bond donors (Lipinski definition) is 2. The first kappa shape index (κ1) is 13.2. The molecule has 5 heteroatoms. The van der Waals surface area contributed by atoms with E-state index in [1.54, 1.807) is 11.3 Å². The van der Waals surface area contributed by atoms with E-state index in [4.69, 9.17) is 4.98 Å². The van der Waals surface area contributed by atoms with Crippen molar-refractivity contribution >= 4 is 37.9 Å². The highest BCUT2D eigenvalue weighted by molar-refractivity contribution is 7.22. The molecule has 2 N–H and O–H groups in total. The van der Waals surface area contributed by atoms with Crippen LogP contribution >= 0.6 is 22.7 Å². The standard InChI is InChI=1S/C16H17N3S2/c1-2-18-15-14(10-7-8-17-9-13(10)21-15)16-19-11-5-3-4-6-12(11)20-16/h3-6,17-18H,2,7-9H2,1H3. The van der Waals surface area contributed by atoms with Gasteiger partial charge >= 0.3 is 0 Å². The fraction of sp³-hybridized carbons (Fsp3) is 0.312. The van der Waals surface area contributed by atoms with Crippen molar-refractivity contribution in [2.24, 2.45) is 0 Å². The molecule has 0 amide bonds. The minimum Gasteiger partial charge on any atom is -0.377 e. The van der Waals surface area contributed by atoms with E-state index in [9.17, 15) is 0 Å². The third kappa shape index (κ3) is 2.25. The molecule has 0 bridgehead atoms. The summed E-state index contributed by atoms with van der Waals surface area (Å²) in [5, 5.41) is 9.44. The Bertz CT molecular complexity index is 755. The zero-order chi connectivity index (χ0) is 14.2. The van der Waals surface area contributed by atoms with Crippen molar-refractivity contribution in [3.05, 3.63) is 34.7 Å². The van der Waals surface area contributed by atoms with Crippen LogP contribution in [-0.2, 0) is 13.0 Å². The molecule has 0 atom stereocenters. The van der Waals surface area contributed by atoms with Gasteiger partial charge in [0.25, 0.3) is 0 Å². The molecule has 0 radical (unpaired) electrons. The van der Waals surface area contributed by atoms with Gasteiger partial charge in [0.15, 0.2) is 0 Å². The Morgan fingerprint density at radius 1 is 1.29 bits per heavy atom. The first-order chi connectivity index (χ1) is 10.4. The highest BCUT2D eigenvalue weighted by Crippen LogP contribution is 2.44. The Balaban J connectivity index is 1.91. The Kier molecular flexibility index (Phi) is 3.41. The van der Waals surface area contributed by atoms with Crippen LogP contribution in [0.3, 0.4) is 0 Å². The monoisotopic (exact) mass is 315 g/mol.